The molecule has 0 aliphatic rings. The minimum atomic E-state index is -4.70. The summed E-state index contributed by atoms with van der Waals surface area (Å²) in [6.07, 6.45) is 5.97. The van der Waals surface area contributed by atoms with Gasteiger partial charge < -0.3 is 14.2 Å². The predicted molar refractivity (Wildman–Crippen MR) is 139 cm³/mol. The van der Waals surface area contributed by atoms with Gasteiger partial charge in [-0.2, -0.15) is 13.2 Å². The van der Waals surface area contributed by atoms with Crippen LogP contribution in [0.5, 0.6) is 5.75 Å². The molecule has 2 aromatic rings. The number of rotatable bonds is 18. The Morgan fingerprint density at radius 2 is 1.49 bits per heavy atom. The van der Waals surface area contributed by atoms with Gasteiger partial charge in [0.1, 0.15) is 5.75 Å². The highest BCUT2D eigenvalue weighted by molar-refractivity contribution is 5.90. The second-order valence-electron chi connectivity index (χ2n) is 9.14. The van der Waals surface area contributed by atoms with Crippen LogP contribution in [0.1, 0.15) is 88.4 Å². The van der Waals surface area contributed by atoms with Crippen molar-refractivity contribution in [3.63, 3.8) is 0 Å². The Morgan fingerprint density at radius 1 is 0.838 bits per heavy atom. The van der Waals surface area contributed by atoms with Gasteiger partial charge in [-0.25, -0.2) is 4.79 Å². The Morgan fingerprint density at radius 3 is 2.08 bits per heavy atom. The molecule has 5 nitrogen and oxygen atoms in total. The lowest BCUT2D eigenvalue weighted by atomic mass is 10.1. The third-order valence-corrected chi connectivity index (χ3v) is 5.95. The highest BCUT2D eigenvalue weighted by atomic mass is 19.4. The summed E-state index contributed by atoms with van der Waals surface area (Å²) in [6, 6.07) is 9.75. The third-order valence-electron chi connectivity index (χ3n) is 5.95. The first-order valence-corrected chi connectivity index (χ1v) is 13.4. The molecule has 0 amide bonds. The van der Waals surface area contributed by atoms with Gasteiger partial charge in [-0.1, -0.05) is 77.3 Å². The van der Waals surface area contributed by atoms with Crippen molar-refractivity contribution in [2.24, 2.45) is 0 Å². The summed E-state index contributed by atoms with van der Waals surface area (Å²) in [4.78, 5) is 16.7. The fourth-order valence-electron chi connectivity index (χ4n) is 3.67. The Labute approximate surface area is 218 Å². The molecule has 37 heavy (non-hydrogen) atoms. The number of hydrogen-bond acceptors (Lipinski definition) is 5. The average Bonchev–Trinajstić information content (AvgIpc) is 2.89. The van der Waals surface area contributed by atoms with Crippen LogP contribution in [0, 0.1) is 0 Å². The molecule has 0 bridgehead atoms. The molecular weight excluding hydrogens is 483 g/mol. The minimum absolute atomic E-state index is 0.0249. The number of carbonyl (C=O) groups is 1. The average molecular weight is 524 g/mol. The molecule has 1 atom stereocenters. The summed E-state index contributed by atoms with van der Waals surface area (Å²) >= 11 is 0. The van der Waals surface area contributed by atoms with Crippen molar-refractivity contribution >= 4 is 5.97 Å². The van der Waals surface area contributed by atoms with E-state index in [-0.39, 0.29) is 12.2 Å². The summed E-state index contributed by atoms with van der Waals surface area (Å²) < 4.78 is 55.2. The van der Waals surface area contributed by atoms with Gasteiger partial charge in [0.15, 0.2) is 0 Å². The maximum atomic E-state index is 13.2. The van der Waals surface area contributed by atoms with Crippen LogP contribution in [-0.4, -0.2) is 43.1 Å². The van der Waals surface area contributed by atoms with Crippen molar-refractivity contribution in [1.82, 2.24) is 4.98 Å². The second-order valence-corrected chi connectivity index (χ2v) is 9.14. The fraction of sp³-hybridized carbons (Fsp3) is 0.586. The highest BCUT2D eigenvalue weighted by Crippen LogP contribution is 2.25. The van der Waals surface area contributed by atoms with E-state index >= 15 is 0 Å². The zero-order valence-corrected chi connectivity index (χ0v) is 22.0. The molecule has 0 saturated carbocycles. The Balaban J connectivity index is 1.80. The third kappa shape index (κ3) is 12.0. The van der Waals surface area contributed by atoms with Crippen molar-refractivity contribution < 1.29 is 32.2 Å². The molecule has 0 radical (unpaired) electrons. The summed E-state index contributed by atoms with van der Waals surface area (Å²) in [5.41, 5.74) is 1.41. The normalized spacial score (nSPS) is 12.4. The second kappa shape index (κ2) is 17.0. The largest absolute Gasteiger partial charge is 0.492 e. The van der Waals surface area contributed by atoms with Crippen molar-refractivity contribution in [2.75, 3.05) is 19.8 Å². The summed E-state index contributed by atoms with van der Waals surface area (Å²) in [7, 11) is 0. The number of aromatic nitrogens is 1. The molecule has 0 aliphatic carbocycles. The van der Waals surface area contributed by atoms with Gasteiger partial charge in [-0.15, -0.1) is 0 Å². The van der Waals surface area contributed by atoms with Gasteiger partial charge >= 0.3 is 12.1 Å². The molecule has 1 aromatic carbocycles. The molecule has 1 heterocycles. The maximum Gasteiger partial charge on any atom is 0.427 e. The van der Waals surface area contributed by atoms with Crippen molar-refractivity contribution in [2.45, 2.75) is 90.3 Å². The first-order chi connectivity index (χ1) is 17.8. The lowest BCUT2D eigenvalue weighted by Crippen LogP contribution is -2.38. The Kier molecular flexibility index (Phi) is 14.1. The number of hydrogen-bond donors (Lipinski definition) is 0. The summed E-state index contributed by atoms with van der Waals surface area (Å²) in [5, 5.41) is 0. The van der Waals surface area contributed by atoms with E-state index < -0.39 is 24.9 Å². The molecule has 0 aliphatic heterocycles. The molecule has 2 rings (SSSR count). The van der Waals surface area contributed by atoms with Gasteiger partial charge in [0.2, 0.25) is 6.10 Å². The number of esters is 1. The zero-order valence-electron chi connectivity index (χ0n) is 22.0. The quantitative estimate of drug-likeness (QED) is 0.146. The first kappa shape index (κ1) is 30.6. The van der Waals surface area contributed by atoms with E-state index in [1.54, 1.807) is 18.3 Å². The predicted octanol–water partition coefficient (Wildman–Crippen LogP) is 8.17. The van der Waals surface area contributed by atoms with Crippen LogP contribution in [0.15, 0.2) is 42.6 Å². The highest BCUT2D eigenvalue weighted by Gasteiger charge is 2.43. The van der Waals surface area contributed by atoms with Crippen LogP contribution in [0.25, 0.3) is 11.3 Å². The molecule has 8 heteroatoms. The van der Waals surface area contributed by atoms with Gasteiger partial charge in [-0.3, -0.25) is 4.98 Å². The standard InChI is InChI=1S/C29H40F3NO4/c1-3-5-7-8-9-10-11-12-20-36-25-17-18-26(33-21-25)23-13-15-24(16-14-23)28(34)37-27(29(30,31)32)22-35-19-6-4-2/h13-18,21,27H,3-12,19-20,22H2,1-2H3. The number of halogens is 3. The van der Waals surface area contributed by atoms with E-state index in [1.165, 1.54) is 50.7 Å². The molecule has 0 N–H and O–H groups in total. The lowest BCUT2D eigenvalue weighted by molar-refractivity contribution is -0.217. The Bertz CT molecular complexity index is 886. The summed E-state index contributed by atoms with van der Waals surface area (Å²) in [6.45, 7) is 4.25. The van der Waals surface area contributed by atoms with Crippen molar-refractivity contribution in [3.8, 4) is 17.0 Å². The number of benzene rings is 1. The van der Waals surface area contributed by atoms with Gasteiger partial charge in [0.25, 0.3) is 0 Å². The van der Waals surface area contributed by atoms with Crippen LogP contribution in [0.4, 0.5) is 13.2 Å². The van der Waals surface area contributed by atoms with E-state index in [0.29, 0.717) is 24.5 Å². The zero-order chi connectivity index (χ0) is 26.9. The van der Waals surface area contributed by atoms with Gasteiger partial charge in [0, 0.05) is 12.2 Å². The van der Waals surface area contributed by atoms with Gasteiger partial charge in [-0.05, 0) is 37.1 Å². The molecule has 0 spiro atoms. The fourth-order valence-corrected chi connectivity index (χ4v) is 3.67. The van der Waals surface area contributed by atoms with Crippen LogP contribution in [0.2, 0.25) is 0 Å². The number of carbonyl (C=O) groups excluding carboxylic acids is 1. The molecule has 1 aromatic heterocycles. The van der Waals surface area contributed by atoms with E-state index in [9.17, 15) is 18.0 Å². The molecule has 0 fully saturated rings. The van der Waals surface area contributed by atoms with Crippen LogP contribution < -0.4 is 4.74 Å². The molecule has 0 saturated heterocycles. The first-order valence-electron chi connectivity index (χ1n) is 13.4. The van der Waals surface area contributed by atoms with E-state index in [1.807, 2.05) is 19.1 Å². The number of unbranched alkanes of at least 4 members (excludes halogenated alkanes) is 8. The number of alkyl halides is 3. The number of pyridine rings is 1. The minimum Gasteiger partial charge on any atom is -0.492 e. The lowest BCUT2D eigenvalue weighted by Gasteiger charge is -2.20. The monoisotopic (exact) mass is 523 g/mol. The SMILES string of the molecule is CCCCCCCCCCOc1ccc(-c2ccc(C(=O)OC(COCCCC)C(F)(F)F)cc2)nc1. The summed E-state index contributed by atoms with van der Waals surface area (Å²) in [5.74, 6) is -0.364. The number of nitrogens with zero attached hydrogens (tertiary/aromatic N) is 1. The Hall–Kier alpha value is -2.61. The molecule has 1 unspecified atom stereocenters. The van der Waals surface area contributed by atoms with Crippen LogP contribution in [-0.2, 0) is 9.47 Å². The van der Waals surface area contributed by atoms with E-state index in [4.69, 9.17) is 14.2 Å². The van der Waals surface area contributed by atoms with Crippen molar-refractivity contribution in [1.29, 1.82) is 0 Å². The van der Waals surface area contributed by atoms with Crippen molar-refractivity contribution in [3.05, 3.63) is 48.2 Å². The van der Waals surface area contributed by atoms with E-state index in [2.05, 4.69) is 11.9 Å². The maximum absolute atomic E-state index is 13.2. The molecule has 206 valence electrons. The van der Waals surface area contributed by atoms with Crippen LogP contribution >= 0.6 is 0 Å². The van der Waals surface area contributed by atoms with E-state index in [0.717, 1.165) is 24.8 Å². The molecular formula is C29H40F3NO4. The van der Waals surface area contributed by atoms with Gasteiger partial charge in [0.05, 0.1) is 30.7 Å². The topological polar surface area (TPSA) is 57.7 Å². The number of ether oxygens (including phenoxy) is 3. The smallest absolute Gasteiger partial charge is 0.427 e. The van der Waals surface area contributed by atoms with Crippen LogP contribution in [0.3, 0.4) is 0 Å².